The Morgan fingerprint density at radius 1 is 1.16 bits per heavy atom. The minimum Gasteiger partial charge on any atom is -0.486 e. The molecule has 158 valence electrons. The summed E-state index contributed by atoms with van der Waals surface area (Å²) in [6.07, 6.45) is 1.83. The molecule has 0 saturated carbocycles. The number of aromatic nitrogens is 3. The number of halogens is 1. The average molecular weight is 453 g/mol. The van der Waals surface area contributed by atoms with E-state index in [1.165, 1.54) is 16.9 Å². The Labute approximate surface area is 189 Å². The summed E-state index contributed by atoms with van der Waals surface area (Å²) in [5.74, 6) is 1.26. The molecule has 0 fully saturated rings. The SMILES string of the molecule is Cc1ccc(OCc2nc(CC(=O)Nc3ccnn3Cc3ccccc3Cl)cs2)cc1. The number of benzene rings is 2. The van der Waals surface area contributed by atoms with E-state index in [9.17, 15) is 4.79 Å². The van der Waals surface area contributed by atoms with Crippen LogP contribution in [0.5, 0.6) is 5.75 Å². The van der Waals surface area contributed by atoms with Crippen LogP contribution >= 0.6 is 22.9 Å². The zero-order valence-electron chi connectivity index (χ0n) is 16.9. The molecule has 8 heteroatoms. The molecule has 0 radical (unpaired) electrons. The summed E-state index contributed by atoms with van der Waals surface area (Å²) in [6.45, 7) is 2.88. The maximum Gasteiger partial charge on any atom is 0.231 e. The van der Waals surface area contributed by atoms with Crippen LogP contribution in [0.3, 0.4) is 0 Å². The molecule has 2 heterocycles. The number of carbonyl (C=O) groups is 1. The number of nitrogens with zero attached hydrogens (tertiary/aromatic N) is 3. The molecular formula is C23H21ClN4O2S. The molecule has 0 atom stereocenters. The quantitative estimate of drug-likeness (QED) is 0.403. The highest BCUT2D eigenvalue weighted by atomic mass is 35.5. The molecule has 2 aromatic carbocycles. The Morgan fingerprint density at radius 2 is 1.97 bits per heavy atom. The summed E-state index contributed by atoms with van der Waals surface area (Å²) in [7, 11) is 0. The van der Waals surface area contributed by atoms with Gasteiger partial charge in [-0.1, -0.05) is 47.5 Å². The van der Waals surface area contributed by atoms with Crippen molar-refractivity contribution in [1.29, 1.82) is 0 Å². The molecule has 31 heavy (non-hydrogen) atoms. The number of nitrogens with one attached hydrogen (secondary N) is 1. The van der Waals surface area contributed by atoms with Gasteiger partial charge in [0, 0.05) is 16.5 Å². The van der Waals surface area contributed by atoms with Crippen LogP contribution in [0.25, 0.3) is 0 Å². The molecule has 1 N–H and O–H groups in total. The standard InChI is InChI=1S/C23H21ClN4O2S/c1-16-6-8-19(9-7-16)30-14-23-26-18(15-31-23)12-22(29)27-21-10-11-25-28(21)13-17-4-2-3-5-20(17)24/h2-11,15H,12-14H2,1H3,(H,27,29). The van der Waals surface area contributed by atoms with E-state index in [1.807, 2.05) is 60.8 Å². The average Bonchev–Trinajstić information content (AvgIpc) is 3.38. The van der Waals surface area contributed by atoms with Gasteiger partial charge in [-0.2, -0.15) is 5.10 Å². The molecule has 4 rings (SSSR count). The molecule has 4 aromatic rings. The predicted octanol–water partition coefficient (Wildman–Crippen LogP) is 5.11. The van der Waals surface area contributed by atoms with Crippen molar-refractivity contribution in [3.05, 3.63) is 93.0 Å². The molecule has 0 unspecified atom stereocenters. The minimum atomic E-state index is -0.155. The lowest BCUT2D eigenvalue weighted by atomic mass is 10.2. The smallest absolute Gasteiger partial charge is 0.231 e. The number of ether oxygens (including phenoxy) is 1. The number of hydrogen-bond acceptors (Lipinski definition) is 5. The van der Waals surface area contributed by atoms with Crippen molar-refractivity contribution >= 4 is 34.7 Å². The topological polar surface area (TPSA) is 69.0 Å². The zero-order chi connectivity index (χ0) is 21.6. The van der Waals surface area contributed by atoms with Crippen molar-refractivity contribution in [1.82, 2.24) is 14.8 Å². The first-order valence-corrected chi connectivity index (χ1v) is 11.0. The summed E-state index contributed by atoms with van der Waals surface area (Å²) < 4.78 is 7.47. The third-order valence-electron chi connectivity index (χ3n) is 4.59. The maximum atomic E-state index is 12.5. The van der Waals surface area contributed by atoms with Crippen LogP contribution in [0, 0.1) is 6.92 Å². The van der Waals surface area contributed by atoms with Crippen molar-refractivity contribution in [3.63, 3.8) is 0 Å². The van der Waals surface area contributed by atoms with Gasteiger partial charge in [-0.15, -0.1) is 11.3 Å². The maximum absolute atomic E-state index is 12.5. The van der Waals surface area contributed by atoms with Crippen molar-refractivity contribution in [3.8, 4) is 5.75 Å². The highest BCUT2D eigenvalue weighted by Crippen LogP contribution is 2.19. The summed E-state index contributed by atoms with van der Waals surface area (Å²) >= 11 is 7.71. The fourth-order valence-electron chi connectivity index (χ4n) is 2.98. The van der Waals surface area contributed by atoms with Gasteiger partial charge in [0.1, 0.15) is 23.2 Å². The van der Waals surface area contributed by atoms with E-state index in [2.05, 4.69) is 15.4 Å². The highest BCUT2D eigenvalue weighted by Gasteiger charge is 2.12. The van der Waals surface area contributed by atoms with Gasteiger partial charge in [0.25, 0.3) is 0 Å². The molecule has 0 aliphatic heterocycles. The number of amides is 1. The first-order valence-electron chi connectivity index (χ1n) is 9.74. The highest BCUT2D eigenvalue weighted by molar-refractivity contribution is 7.09. The van der Waals surface area contributed by atoms with Crippen LogP contribution in [0.2, 0.25) is 5.02 Å². The second kappa shape index (κ2) is 9.76. The molecule has 6 nitrogen and oxygen atoms in total. The number of aryl methyl sites for hydroxylation is 1. The van der Waals surface area contributed by atoms with Crippen LogP contribution in [-0.2, 0) is 24.4 Å². The third kappa shape index (κ3) is 5.71. The van der Waals surface area contributed by atoms with Crippen LogP contribution in [0.15, 0.2) is 66.2 Å². The molecule has 0 aliphatic carbocycles. The van der Waals surface area contributed by atoms with E-state index in [0.717, 1.165) is 16.3 Å². The summed E-state index contributed by atoms with van der Waals surface area (Å²) in [5.41, 5.74) is 2.83. The van der Waals surface area contributed by atoms with Crippen LogP contribution in [-0.4, -0.2) is 20.7 Å². The van der Waals surface area contributed by atoms with Gasteiger partial charge in [0.2, 0.25) is 5.91 Å². The van der Waals surface area contributed by atoms with Gasteiger partial charge in [0.05, 0.1) is 24.9 Å². The summed E-state index contributed by atoms with van der Waals surface area (Å²) in [4.78, 5) is 17.0. The van der Waals surface area contributed by atoms with Crippen molar-refractivity contribution in [2.75, 3.05) is 5.32 Å². The van der Waals surface area contributed by atoms with E-state index in [0.29, 0.717) is 29.7 Å². The Hall–Kier alpha value is -3.16. The Morgan fingerprint density at radius 3 is 2.77 bits per heavy atom. The Kier molecular flexibility index (Phi) is 6.64. The summed E-state index contributed by atoms with van der Waals surface area (Å²) in [6, 6.07) is 17.2. The van der Waals surface area contributed by atoms with E-state index < -0.39 is 0 Å². The van der Waals surface area contributed by atoms with Crippen LogP contribution in [0.4, 0.5) is 5.82 Å². The van der Waals surface area contributed by atoms with E-state index >= 15 is 0 Å². The fraction of sp³-hybridized carbons (Fsp3) is 0.174. The second-order valence-electron chi connectivity index (χ2n) is 7.02. The number of rotatable bonds is 8. The molecule has 0 saturated heterocycles. The molecule has 0 bridgehead atoms. The van der Waals surface area contributed by atoms with Gasteiger partial charge >= 0.3 is 0 Å². The number of thiazole rings is 1. The van der Waals surface area contributed by atoms with Crippen molar-refractivity contribution < 1.29 is 9.53 Å². The molecule has 0 spiro atoms. The normalized spacial score (nSPS) is 10.8. The van der Waals surface area contributed by atoms with E-state index in [1.54, 1.807) is 16.9 Å². The van der Waals surface area contributed by atoms with Gasteiger partial charge in [-0.3, -0.25) is 4.79 Å². The first-order chi connectivity index (χ1) is 15.1. The van der Waals surface area contributed by atoms with E-state index in [4.69, 9.17) is 16.3 Å². The molecule has 1 amide bonds. The predicted molar refractivity (Wildman–Crippen MR) is 123 cm³/mol. The van der Waals surface area contributed by atoms with Crippen LogP contribution < -0.4 is 10.1 Å². The molecule has 0 aliphatic rings. The van der Waals surface area contributed by atoms with Gasteiger partial charge in [-0.05, 0) is 30.7 Å². The Balaban J connectivity index is 1.32. The largest absolute Gasteiger partial charge is 0.486 e. The number of carbonyl (C=O) groups excluding carboxylic acids is 1. The lowest BCUT2D eigenvalue weighted by Crippen LogP contribution is -2.18. The monoisotopic (exact) mass is 452 g/mol. The zero-order valence-corrected chi connectivity index (χ0v) is 18.5. The van der Waals surface area contributed by atoms with E-state index in [-0.39, 0.29) is 12.3 Å². The third-order valence-corrected chi connectivity index (χ3v) is 5.83. The molecule has 2 aromatic heterocycles. The first kappa shape index (κ1) is 21.1. The Bertz CT molecular complexity index is 1170. The van der Waals surface area contributed by atoms with Crippen molar-refractivity contribution in [2.24, 2.45) is 0 Å². The molecular weight excluding hydrogens is 432 g/mol. The van der Waals surface area contributed by atoms with Crippen molar-refractivity contribution in [2.45, 2.75) is 26.5 Å². The van der Waals surface area contributed by atoms with Gasteiger partial charge in [0.15, 0.2) is 0 Å². The van der Waals surface area contributed by atoms with Crippen LogP contribution in [0.1, 0.15) is 21.8 Å². The van der Waals surface area contributed by atoms with Gasteiger partial charge in [-0.25, -0.2) is 9.67 Å². The van der Waals surface area contributed by atoms with Gasteiger partial charge < -0.3 is 10.1 Å². The fourth-order valence-corrected chi connectivity index (χ4v) is 3.88. The number of anilines is 1. The second-order valence-corrected chi connectivity index (χ2v) is 8.37. The lowest BCUT2D eigenvalue weighted by Gasteiger charge is -2.10. The number of hydrogen-bond donors (Lipinski definition) is 1. The lowest BCUT2D eigenvalue weighted by molar-refractivity contribution is -0.115. The summed E-state index contributed by atoms with van der Waals surface area (Å²) in [5, 5.41) is 10.6. The minimum absolute atomic E-state index is 0.155.